The molecule has 1 aromatic heterocycles. The second-order valence-electron chi connectivity index (χ2n) is 5.62. The summed E-state index contributed by atoms with van der Waals surface area (Å²) < 4.78 is 0. The second-order valence-corrected chi connectivity index (χ2v) is 6.06. The Hall–Kier alpha value is -2.66. The average Bonchev–Trinajstić information content (AvgIpc) is 2.67. The number of hydrogen-bond acceptors (Lipinski definition) is 5. The molecule has 3 aromatic rings. The summed E-state index contributed by atoms with van der Waals surface area (Å²) in [5.74, 6) is 1.32. The fourth-order valence-electron chi connectivity index (χ4n) is 2.44. The molecule has 0 bridgehead atoms. The van der Waals surface area contributed by atoms with Gasteiger partial charge in [0.05, 0.1) is 6.20 Å². The molecule has 0 unspecified atom stereocenters. The van der Waals surface area contributed by atoms with Crippen LogP contribution in [0.1, 0.15) is 18.1 Å². The number of benzene rings is 2. The van der Waals surface area contributed by atoms with Crippen molar-refractivity contribution < 1.29 is 0 Å². The van der Waals surface area contributed by atoms with E-state index in [1.807, 2.05) is 42.5 Å². The predicted molar refractivity (Wildman–Crippen MR) is 102 cm³/mol. The lowest BCUT2D eigenvalue weighted by Crippen LogP contribution is -2.25. The van der Waals surface area contributed by atoms with Crippen molar-refractivity contribution in [1.29, 1.82) is 0 Å². The fraction of sp³-hybridized carbons (Fsp3) is 0.211. The predicted octanol–water partition coefficient (Wildman–Crippen LogP) is 4.16. The molecule has 0 saturated carbocycles. The third-order valence-corrected chi connectivity index (χ3v) is 4.07. The highest BCUT2D eigenvalue weighted by molar-refractivity contribution is 6.30. The minimum atomic E-state index is 0.618. The van der Waals surface area contributed by atoms with Gasteiger partial charge in [-0.3, -0.25) is 0 Å². The van der Waals surface area contributed by atoms with Crippen LogP contribution in [0.2, 0.25) is 5.02 Å². The quantitative estimate of drug-likeness (QED) is 0.691. The fourth-order valence-corrected chi connectivity index (χ4v) is 2.56. The summed E-state index contributed by atoms with van der Waals surface area (Å²) in [6.07, 6.45) is 1.63. The van der Waals surface area contributed by atoms with Crippen LogP contribution in [0.25, 0.3) is 0 Å². The van der Waals surface area contributed by atoms with Gasteiger partial charge in [-0.1, -0.05) is 54.1 Å². The Morgan fingerprint density at radius 1 is 1.00 bits per heavy atom. The first kappa shape index (κ1) is 17.2. The summed E-state index contributed by atoms with van der Waals surface area (Å²) in [5.41, 5.74) is 2.34. The van der Waals surface area contributed by atoms with Gasteiger partial charge in [-0.05, 0) is 30.2 Å². The molecule has 6 heteroatoms. The maximum atomic E-state index is 5.91. The van der Waals surface area contributed by atoms with E-state index in [4.69, 9.17) is 11.6 Å². The number of hydrogen-bond donors (Lipinski definition) is 1. The molecule has 5 nitrogen and oxygen atoms in total. The molecular formula is C19H20ClN5. The monoisotopic (exact) mass is 353 g/mol. The molecule has 128 valence electrons. The van der Waals surface area contributed by atoms with Crippen LogP contribution in [-0.4, -0.2) is 21.7 Å². The van der Waals surface area contributed by atoms with E-state index in [1.54, 1.807) is 6.20 Å². The smallest absolute Gasteiger partial charge is 0.247 e. The zero-order valence-electron chi connectivity index (χ0n) is 14.1. The van der Waals surface area contributed by atoms with Gasteiger partial charge in [0.25, 0.3) is 0 Å². The molecule has 0 atom stereocenters. The van der Waals surface area contributed by atoms with E-state index >= 15 is 0 Å². The first-order valence-corrected chi connectivity index (χ1v) is 8.59. The molecule has 0 saturated heterocycles. The molecule has 0 fully saturated rings. The van der Waals surface area contributed by atoms with Gasteiger partial charge in [-0.2, -0.15) is 10.1 Å². The van der Waals surface area contributed by atoms with Crippen LogP contribution < -0.4 is 10.2 Å². The van der Waals surface area contributed by atoms with Crippen molar-refractivity contribution in [1.82, 2.24) is 15.2 Å². The maximum absolute atomic E-state index is 5.91. The van der Waals surface area contributed by atoms with Crippen LogP contribution >= 0.6 is 11.6 Å². The Morgan fingerprint density at radius 3 is 2.48 bits per heavy atom. The van der Waals surface area contributed by atoms with E-state index in [9.17, 15) is 0 Å². The van der Waals surface area contributed by atoms with Gasteiger partial charge in [0.1, 0.15) is 0 Å². The van der Waals surface area contributed by atoms with Gasteiger partial charge in [0.2, 0.25) is 5.95 Å². The minimum absolute atomic E-state index is 0.618. The summed E-state index contributed by atoms with van der Waals surface area (Å²) in [5, 5.41) is 12.3. The van der Waals surface area contributed by atoms with E-state index in [0.717, 1.165) is 23.7 Å². The zero-order valence-corrected chi connectivity index (χ0v) is 14.8. The summed E-state index contributed by atoms with van der Waals surface area (Å²) in [6.45, 7) is 4.29. The SMILES string of the molecule is CCN(Cc1ccccc1)c1nncc(NCc2ccc(Cl)cc2)n1. The van der Waals surface area contributed by atoms with Crippen LogP contribution in [0.5, 0.6) is 0 Å². The number of halogens is 1. The Balaban J connectivity index is 1.68. The van der Waals surface area contributed by atoms with Crippen molar-refractivity contribution >= 4 is 23.4 Å². The van der Waals surface area contributed by atoms with Crippen LogP contribution in [0.15, 0.2) is 60.8 Å². The lowest BCUT2D eigenvalue weighted by molar-refractivity contribution is 0.769. The van der Waals surface area contributed by atoms with Crippen molar-refractivity contribution in [3.8, 4) is 0 Å². The molecule has 3 rings (SSSR count). The molecule has 0 aliphatic carbocycles. The normalized spacial score (nSPS) is 10.5. The number of aromatic nitrogens is 3. The Labute approximate surface area is 152 Å². The average molecular weight is 354 g/mol. The highest BCUT2D eigenvalue weighted by Gasteiger charge is 2.10. The number of nitrogens with one attached hydrogen (secondary N) is 1. The first-order chi connectivity index (χ1) is 12.2. The van der Waals surface area contributed by atoms with E-state index in [2.05, 4.69) is 44.5 Å². The van der Waals surface area contributed by atoms with Gasteiger partial charge >= 0.3 is 0 Å². The van der Waals surface area contributed by atoms with E-state index in [0.29, 0.717) is 18.3 Å². The zero-order chi connectivity index (χ0) is 17.5. The first-order valence-electron chi connectivity index (χ1n) is 8.21. The molecule has 2 aromatic carbocycles. The molecule has 1 heterocycles. The standard InChI is InChI=1S/C19H20ClN5/c1-2-25(14-16-6-4-3-5-7-16)19-23-18(13-22-24-19)21-12-15-8-10-17(20)11-9-15/h3-11,13H,2,12,14H2,1H3,(H,21,23,24). The molecular weight excluding hydrogens is 334 g/mol. The number of rotatable bonds is 7. The van der Waals surface area contributed by atoms with Gasteiger partial charge in [0, 0.05) is 24.7 Å². The summed E-state index contributed by atoms with van der Waals surface area (Å²) in [4.78, 5) is 6.68. The third-order valence-electron chi connectivity index (χ3n) is 3.82. The Morgan fingerprint density at radius 2 is 1.76 bits per heavy atom. The summed E-state index contributed by atoms with van der Waals surface area (Å²) in [7, 11) is 0. The van der Waals surface area contributed by atoms with Gasteiger partial charge in [-0.25, -0.2) is 0 Å². The molecule has 0 spiro atoms. The van der Waals surface area contributed by atoms with Crippen LogP contribution in [0.4, 0.5) is 11.8 Å². The molecule has 25 heavy (non-hydrogen) atoms. The van der Waals surface area contributed by atoms with Crippen LogP contribution in [0.3, 0.4) is 0 Å². The van der Waals surface area contributed by atoms with E-state index in [1.165, 1.54) is 5.56 Å². The van der Waals surface area contributed by atoms with Crippen LogP contribution in [-0.2, 0) is 13.1 Å². The molecule has 0 aliphatic rings. The topological polar surface area (TPSA) is 53.9 Å². The van der Waals surface area contributed by atoms with Crippen molar-refractivity contribution in [2.24, 2.45) is 0 Å². The van der Waals surface area contributed by atoms with Gasteiger partial charge in [0.15, 0.2) is 5.82 Å². The van der Waals surface area contributed by atoms with Crippen molar-refractivity contribution in [3.63, 3.8) is 0 Å². The van der Waals surface area contributed by atoms with Crippen molar-refractivity contribution in [2.45, 2.75) is 20.0 Å². The maximum Gasteiger partial charge on any atom is 0.247 e. The molecule has 1 N–H and O–H groups in total. The van der Waals surface area contributed by atoms with Crippen molar-refractivity contribution in [2.75, 3.05) is 16.8 Å². The number of anilines is 2. The third kappa shape index (κ3) is 4.90. The number of nitrogens with zero attached hydrogens (tertiary/aromatic N) is 4. The molecule has 0 radical (unpaired) electrons. The van der Waals surface area contributed by atoms with Gasteiger partial charge < -0.3 is 10.2 Å². The summed E-state index contributed by atoms with van der Waals surface area (Å²) in [6, 6.07) is 18.0. The lowest BCUT2D eigenvalue weighted by atomic mass is 10.2. The Bertz CT molecular complexity index is 792. The minimum Gasteiger partial charge on any atom is -0.365 e. The van der Waals surface area contributed by atoms with E-state index < -0.39 is 0 Å². The lowest BCUT2D eigenvalue weighted by Gasteiger charge is -2.20. The second kappa shape index (κ2) is 8.44. The van der Waals surface area contributed by atoms with Crippen LogP contribution in [0, 0.1) is 0 Å². The highest BCUT2D eigenvalue weighted by Crippen LogP contribution is 2.15. The van der Waals surface area contributed by atoms with Crippen molar-refractivity contribution in [3.05, 3.63) is 76.9 Å². The highest BCUT2D eigenvalue weighted by atomic mass is 35.5. The molecule has 0 amide bonds. The largest absolute Gasteiger partial charge is 0.365 e. The summed E-state index contributed by atoms with van der Waals surface area (Å²) >= 11 is 5.91. The van der Waals surface area contributed by atoms with Gasteiger partial charge in [-0.15, -0.1) is 5.10 Å². The molecule has 0 aliphatic heterocycles. The van der Waals surface area contributed by atoms with E-state index in [-0.39, 0.29) is 0 Å². The Kier molecular flexibility index (Phi) is 5.80.